The maximum Gasteiger partial charge on any atom is 0.320 e. The van der Waals surface area contributed by atoms with Crippen molar-refractivity contribution in [1.29, 1.82) is 0 Å². The van der Waals surface area contributed by atoms with Crippen LogP contribution >= 0.6 is 0 Å². The van der Waals surface area contributed by atoms with Crippen LogP contribution in [0.15, 0.2) is 24.3 Å². The lowest BCUT2D eigenvalue weighted by molar-refractivity contribution is -0.154. The highest BCUT2D eigenvalue weighted by Crippen LogP contribution is 2.61. The van der Waals surface area contributed by atoms with Crippen LogP contribution in [0.5, 0.6) is 0 Å². The first-order chi connectivity index (χ1) is 9.08. The van der Waals surface area contributed by atoms with Crippen LogP contribution < -0.4 is 0 Å². The highest BCUT2D eigenvalue weighted by Gasteiger charge is 2.67. The molecule has 2 aliphatic carbocycles. The van der Waals surface area contributed by atoms with Crippen molar-refractivity contribution in [3.05, 3.63) is 35.4 Å². The number of carbonyl (C=O) groups is 2. The van der Waals surface area contributed by atoms with Gasteiger partial charge in [0.1, 0.15) is 5.41 Å². The van der Waals surface area contributed by atoms with Gasteiger partial charge in [0, 0.05) is 11.0 Å². The van der Waals surface area contributed by atoms with Gasteiger partial charge < -0.3 is 4.74 Å². The molecule has 0 bridgehead atoms. The normalized spacial score (nSPS) is 32.0. The molecule has 0 heterocycles. The Morgan fingerprint density at radius 1 is 1.32 bits per heavy atom. The van der Waals surface area contributed by atoms with E-state index in [0.717, 1.165) is 18.4 Å². The molecule has 1 saturated carbocycles. The zero-order chi connectivity index (χ0) is 13.7. The van der Waals surface area contributed by atoms with Crippen molar-refractivity contribution >= 4 is 11.8 Å². The number of fused-ring (bicyclic) bond motifs is 3. The standard InChI is InChI=1S/C16H18O3/c1-3-19-14(18)16-10-6-9-15(16,2)12-8-5-4-7-11(12)13(16)17/h4-5,7-8H,3,6,9-10H2,1-2H3/t15-,16+/m0/s1. The summed E-state index contributed by atoms with van der Waals surface area (Å²) in [5.41, 5.74) is 0.350. The molecule has 1 aromatic carbocycles. The number of esters is 1. The van der Waals surface area contributed by atoms with Gasteiger partial charge in [0.2, 0.25) is 0 Å². The number of carbonyl (C=O) groups excluding carboxylic acids is 2. The quantitative estimate of drug-likeness (QED) is 0.605. The SMILES string of the molecule is CCOC(=O)[C@]12CCC[C@@]1(C)c1ccccc1C2=O. The van der Waals surface area contributed by atoms with E-state index in [-0.39, 0.29) is 11.8 Å². The Balaban J connectivity index is 2.21. The predicted molar refractivity (Wildman–Crippen MR) is 71.0 cm³/mol. The van der Waals surface area contributed by atoms with Gasteiger partial charge in [0.15, 0.2) is 5.78 Å². The fourth-order valence-electron chi connectivity index (χ4n) is 3.99. The third-order valence-corrected chi connectivity index (χ3v) is 4.95. The van der Waals surface area contributed by atoms with Crippen LogP contribution in [-0.2, 0) is 14.9 Å². The van der Waals surface area contributed by atoms with Crippen LogP contribution in [0.1, 0.15) is 49.0 Å². The molecule has 0 radical (unpaired) electrons. The summed E-state index contributed by atoms with van der Waals surface area (Å²) in [6, 6.07) is 7.62. The fourth-order valence-corrected chi connectivity index (χ4v) is 3.99. The third kappa shape index (κ3) is 1.28. The summed E-state index contributed by atoms with van der Waals surface area (Å²) in [6.07, 6.45) is 2.37. The Bertz CT molecular complexity index is 563. The van der Waals surface area contributed by atoms with Crippen molar-refractivity contribution in [1.82, 2.24) is 0 Å². The summed E-state index contributed by atoms with van der Waals surface area (Å²) in [7, 11) is 0. The molecule has 2 aliphatic rings. The van der Waals surface area contributed by atoms with Gasteiger partial charge in [-0.1, -0.05) is 37.6 Å². The average Bonchev–Trinajstić information content (AvgIpc) is 2.85. The number of benzene rings is 1. The number of Topliss-reactive ketones (excluding diaryl/α,β-unsaturated/α-hetero) is 1. The molecule has 1 aromatic rings. The molecule has 1 fully saturated rings. The predicted octanol–water partition coefficient (Wildman–Crippen LogP) is 2.87. The van der Waals surface area contributed by atoms with E-state index in [9.17, 15) is 9.59 Å². The molecule has 0 saturated heterocycles. The molecule has 0 aromatic heterocycles. The molecule has 0 N–H and O–H groups in total. The maximum atomic E-state index is 12.8. The van der Waals surface area contributed by atoms with Crippen molar-refractivity contribution in [3.63, 3.8) is 0 Å². The van der Waals surface area contributed by atoms with Crippen molar-refractivity contribution in [2.45, 2.75) is 38.5 Å². The highest BCUT2D eigenvalue weighted by atomic mass is 16.5. The number of hydrogen-bond donors (Lipinski definition) is 0. The first kappa shape index (κ1) is 12.4. The van der Waals surface area contributed by atoms with Gasteiger partial charge in [-0.25, -0.2) is 0 Å². The molecule has 100 valence electrons. The van der Waals surface area contributed by atoms with E-state index < -0.39 is 10.8 Å². The molecule has 3 heteroatoms. The first-order valence-corrected chi connectivity index (χ1v) is 6.89. The molecule has 2 atom stereocenters. The summed E-state index contributed by atoms with van der Waals surface area (Å²) >= 11 is 0. The van der Waals surface area contributed by atoms with Crippen LogP contribution in [0.25, 0.3) is 0 Å². The van der Waals surface area contributed by atoms with Crippen LogP contribution in [0.4, 0.5) is 0 Å². The van der Waals surface area contributed by atoms with Crippen LogP contribution in [0.2, 0.25) is 0 Å². The van der Waals surface area contributed by atoms with Crippen LogP contribution in [0.3, 0.4) is 0 Å². The third-order valence-electron chi connectivity index (χ3n) is 4.95. The molecule has 0 aliphatic heterocycles. The number of ketones is 1. The van der Waals surface area contributed by atoms with E-state index >= 15 is 0 Å². The lowest BCUT2D eigenvalue weighted by Gasteiger charge is -2.34. The molecule has 0 amide bonds. The summed E-state index contributed by atoms with van der Waals surface area (Å²) in [4.78, 5) is 25.3. The van der Waals surface area contributed by atoms with Crippen molar-refractivity contribution < 1.29 is 14.3 Å². The van der Waals surface area contributed by atoms with Gasteiger partial charge in [0.25, 0.3) is 0 Å². The lowest BCUT2D eigenvalue weighted by atomic mass is 9.67. The van der Waals surface area contributed by atoms with E-state index in [1.54, 1.807) is 6.92 Å². The van der Waals surface area contributed by atoms with Gasteiger partial charge in [-0.3, -0.25) is 9.59 Å². The second kappa shape index (κ2) is 3.92. The van der Waals surface area contributed by atoms with E-state index in [2.05, 4.69) is 0 Å². The minimum Gasteiger partial charge on any atom is -0.465 e. The molecule has 0 unspecified atom stereocenters. The van der Waals surface area contributed by atoms with Gasteiger partial charge in [0.05, 0.1) is 6.61 Å². The molecular formula is C16H18O3. The van der Waals surface area contributed by atoms with Gasteiger partial charge in [-0.05, 0) is 25.3 Å². The van der Waals surface area contributed by atoms with Gasteiger partial charge in [-0.15, -0.1) is 0 Å². The second-order valence-corrected chi connectivity index (χ2v) is 5.69. The van der Waals surface area contributed by atoms with Crippen molar-refractivity contribution in [2.24, 2.45) is 5.41 Å². The summed E-state index contributed by atoms with van der Waals surface area (Å²) < 4.78 is 5.24. The lowest BCUT2D eigenvalue weighted by Crippen LogP contribution is -2.46. The Morgan fingerprint density at radius 2 is 2.05 bits per heavy atom. The van der Waals surface area contributed by atoms with Crippen molar-refractivity contribution in [3.8, 4) is 0 Å². The van der Waals surface area contributed by atoms with E-state index in [1.807, 2.05) is 31.2 Å². The Kier molecular flexibility index (Phi) is 2.56. The second-order valence-electron chi connectivity index (χ2n) is 5.69. The highest BCUT2D eigenvalue weighted by molar-refractivity contribution is 6.18. The Hall–Kier alpha value is -1.64. The molecule has 3 nitrogen and oxygen atoms in total. The largest absolute Gasteiger partial charge is 0.465 e. The van der Waals surface area contributed by atoms with Gasteiger partial charge >= 0.3 is 5.97 Å². The fraction of sp³-hybridized carbons (Fsp3) is 0.500. The minimum atomic E-state index is -0.979. The zero-order valence-corrected chi connectivity index (χ0v) is 11.4. The Morgan fingerprint density at radius 3 is 2.79 bits per heavy atom. The number of hydrogen-bond acceptors (Lipinski definition) is 3. The molecule has 0 spiro atoms. The van der Waals surface area contributed by atoms with Gasteiger partial charge in [-0.2, -0.15) is 0 Å². The summed E-state index contributed by atoms with van der Waals surface area (Å²) in [5, 5.41) is 0. The summed E-state index contributed by atoms with van der Waals surface area (Å²) in [6.45, 7) is 4.15. The minimum absolute atomic E-state index is 0.0402. The summed E-state index contributed by atoms with van der Waals surface area (Å²) in [5.74, 6) is -0.377. The number of ether oxygens (including phenoxy) is 1. The van der Waals surface area contributed by atoms with E-state index in [4.69, 9.17) is 4.74 Å². The Labute approximate surface area is 113 Å². The monoisotopic (exact) mass is 258 g/mol. The van der Waals surface area contributed by atoms with Crippen LogP contribution in [0, 0.1) is 5.41 Å². The zero-order valence-electron chi connectivity index (χ0n) is 11.4. The van der Waals surface area contributed by atoms with Crippen LogP contribution in [-0.4, -0.2) is 18.4 Å². The maximum absolute atomic E-state index is 12.8. The van der Waals surface area contributed by atoms with E-state index in [1.165, 1.54) is 0 Å². The first-order valence-electron chi connectivity index (χ1n) is 6.89. The molecule has 3 rings (SSSR count). The average molecular weight is 258 g/mol. The van der Waals surface area contributed by atoms with E-state index in [0.29, 0.717) is 18.6 Å². The number of rotatable bonds is 2. The topological polar surface area (TPSA) is 43.4 Å². The smallest absolute Gasteiger partial charge is 0.320 e. The molecule has 19 heavy (non-hydrogen) atoms. The van der Waals surface area contributed by atoms with Crippen molar-refractivity contribution in [2.75, 3.05) is 6.61 Å². The molecular weight excluding hydrogens is 240 g/mol.